The zero-order valence-electron chi connectivity index (χ0n) is 13.4. The predicted octanol–water partition coefficient (Wildman–Crippen LogP) is 3.70. The van der Waals surface area contributed by atoms with E-state index in [4.69, 9.17) is 9.47 Å². The van der Waals surface area contributed by atoms with E-state index in [0.29, 0.717) is 24.7 Å². The standard InChI is InChI=1S/C20H16IO3P/c21-19-18(12-11-17-20(19)24-14-13-23-17)25(22,15-7-3-1-4-8-15)16-9-5-2-6-10-16/h1-12H,13-14H2. The maximum atomic E-state index is 14.4. The fourth-order valence-corrected chi connectivity index (χ4v) is 7.34. The van der Waals surface area contributed by atoms with Gasteiger partial charge in [-0.25, -0.2) is 0 Å². The Balaban J connectivity index is 1.99. The third kappa shape index (κ3) is 2.87. The Labute approximate surface area is 160 Å². The molecular weight excluding hydrogens is 446 g/mol. The van der Waals surface area contributed by atoms with Crippen LogP contribution in [0.3, 0.4) is 0 Å². The molecule has 0 spiro atoms. The van der Waals surface area contributed by atoms with Crippen molar-refractivity contribution in [3.8, 4) is 11.5 Å². The summed E-state index contributed by atoms with van der Waals surface area (Å²) in [6.07, 6.45) is 0. The number of fused-ring (bicyclic) bond motifs is 1. The molecule has 0 atom stereocenters. The van der Waals surface area contributed by atoms with Gasteiger partial charge in [-0.3, -0.25) is 0 Å². The predicted molar refractivity (Wildman–Crippen MR) is 110 cm³/mol. The second kappa shape index (κ2) is 6.85. The molecule has 0 fully saturated rings. The Bertz CT molecular complexity index is 898. The van der Waals surface area contributed by atoms with Crippen LogP contribution in [0.2, 0.25) is 0 Å². The lowest BCUT2D eigenvalue weighted by atomic mass is 10.3. The number of ether oxygens (including phenoxy) is 2. The molecule has 0 saturated carbocycles. The van der Waals surface area contributed by atoms with Crippen molar-refractivity contribution in [3.05, 3.63) is 76.4 Å². The summed E-state index contributed by atoms with van der Waals surface area (Å²) in [5.41, 5.74) is 0. The second-order valence-electron chi connectivity index (χ2n) is 5.70. The molecule has 0 saturated heterocycles. The largest absolute Gasteiger partial charge is 0.486 e. The van der Waals surface area contributed by atoms with Crippen molar-refractivity contribution in [1.82, 2.24) is 0 Å². The maximum absolute atomic E-state index is 14.4. The number of rotatable bonds is 3. The van der Waals surface area contributed by atoms with Crippen molar-refractivity contribution in [2.45, 2.75) is 0 Å². The summed E-state index contributed by atoms with van der Waals surface area (Å²) in [4.78, 5) is 0. The topological polar surface area (TPSA) is 35.5 Å². The molecule has 0 bridgehead atoms. The van der Waals surface area contributed by atoms with Gasteiger partial charge in [-0.05, 0) is 34.7 Å². The van der Waals surface area contributed by atoms with E-state index in [1.165, 1.54) is 0 Å². The van der Waals surface area contributed by atoms with Crippen molar-refractivity contribution in [2.24, 2.45) is 0 Å². The fourth-order valence-electron chi connectivity index (χ4n) is 3.02. The molecular formula is C20H16IO3P. The van der Waals surface area contributed by atoms with Gasteiger partial charge in [-0.2, -0.15) is 0 Å². The number of halogens is 1. The highest BCUT2D eigenvalue weighted by molar-refractivity contribution is 14.1. The van der Waals surface area contributed by atoms with Crippen molar-refractivity contribution in [2.75, 3.05) is 13.2 Å². The average Bonchev–Trinajstić information content (AvgIpc) is 2.69. The van der Waals surface area contributed by atoms with Crippen molar-refractivity contribution < 1.29 is 14.0 Å². The Morgan fingerprint density at radius 1 is 0.760 bits per heavy atom. The van der Waals surface area contributed by atoms with Crippen molar-refractivity contribution in [3.63, 3.8) is 0 Å². The lowest BCUT2D eigenvalue weighted by Gasteiger charge is -2.25. The molecule has 5 heteroatoms. The molecule has 0 aliphatic carbocycles. The van der Waals surface area contributed by atoms with E-state index in [-0.39, 0.29) is 0 Å². The highest BCUT2D eigenvalue weighted by atomic mass is 127. The van der Waals surface area contributed by atoms with Crippen LogP contribution < -0.4 is 25.4 Å². The molecule has 3 nitrogen and oxygen atoms in total. The Morgan fingerprint density at radius 3 is 1.92 bits per heavy atom. The van der Waals surface area contributed by atoms with Crippen LogP contribution in [-0.2, 0) is 4.57 Å². The molecule has 0 aromatic heterocycles. The normalized spacial score (nSPS) is 13.5. The Morgan fingerprint density at radius 2 is 1.32 bits per heavy atom. The van der Waals surface area contributed by atoms with Gasteiger partial charge in [0, 0.05) is 15.9 Å². The first-order valence-electron chi connectivity index (χ1n) is 8.01. The lowest BCUT2D eigenvalue weighted by Crippen LogP contribution is -2.28. The molecule has 1 aliphatic heterocycles. The van der Waals surface area contributed by atoms with Gasteiger partial charge in [0.2, 0.25) is 0 Å². The summed E-state index contributed by atoms with van der Waals surface area (Å²) in [6, 6.07) is 23.1. The van der Waals surface area contributed by atoms with Crippen LogP contribution in [0.15, 0.2) is 72.8 Å². The van der Waals surface area contributed by atoms with E-state index in [1.807, 2.05) is 72.8 Å². The van der Waals surface area contributed by atoms with Crippen LogP contribution in [0.5, 0.6) is 11.5 Å². The number of benzene rings is 3. The lowest BCUT2D eigenvalue weighted by molar-refractivity contribution is 0.170. The van der Waals surface area contributed by atoms with Crippen LogP contribution >= 0.6 is 29.7 Å². The minimum atomic E-state index is -3.00. The van der Waals surface area contributed by atoms with Gasteiger partial charge in [0.05, 0.1) is 3.57 Å². The summed E-state index contributed by atoms with van der Waals surface area (Å²) in [7, 11) is -3.00. The zero-order valence-corrected chi connectivity index (χ0v) is 16.4. The summed E-state index contributed by atoms with van der Waals surface area (Å²) in [6.45, 7) is 1.05. The molecule has 3 aromatic rings. The number of hydrogen-bond acceptors (Lipinski definition) is 3. The van der Waals surface area contributed by atoms with Crippen molar-refractivity contribution >= 4 is 45.6 Å². The first kappa shape index (κ1) is 16.7. The first-order chi connectivity index (χ1) is 12.2. The monoisotopic (exact) mass is 462 g/mol. The van der Waals surface area contributed by atoms with E-state index in [1.54, 1.807) is 0 Å². The summed E-state index contributed by atoms with van der Waals surface area (Å²) >= 11 is 2.23. The molecule has 0 unspecified atom stereocenters. The minimum Gasteiger partial charge on any atom is -0.486 e. The zero-order chi connectivity index (χ0) is 17.3. The van der Waals surface area contributed by atoms with Crippen LogP contribution in [0.4, 0.5) is 0 Å². The average molecular weight is 462 g/mol. The third-order valence-corrected chi connectivity index (χ3v) is 8.81. The van der Waals surface area contributed by atoms with Gasteiger partial charge >= 0.3 is 0 Å². The van der Waals surface area contributed by atoms with Crippen LogP contribution in [0.25, 0.3) is 0 Å². The molecule has 0 amide bonds. The smallest absolute Gasteiger partial charge is 0.175 e. The van der Waals surface area contributed by atoms with Gasteiger partial charge in [-0.1, -0.05) is 60.7 Å². The molecule has 0 radical (unpaired) electrons. The van der Waals surface area contributed by atoms with Gasteiger partial charge in [-0.15, -0.1) is 0 Å². The summed E-state index contributed by atoms with van der Waals surface area (Å²) in [5.74, 6) is 1.41. The summed E-state index contributed by atoms with van der Waals surface area (Å²) in [5, 5.41) is 2.42. The van der Waals surface area contributed by atoms with Crippen molar-refractivity contribution in [1.29, 1.82) is 0 Å². The fraction of sp³-hybridized carbons (Fsp3) is 0.100. The first-order valence-corrected chi connectivity index (χ1v) is 10.8. The third-order valence-electron chi connectivity index (χ3n) is 4.21. The van der Waals surface area contributed by atoms with E-state index in [9.17, 15) is 4.57 Å². The molecule has 1 heterocycles. The second-order valence-corrected chi connectivity index (χ2v) is 9.52. The Hall–Kier alpha value is -1.78. The molecule has 4 rings (SSSR count). The van der Waals surface area contributed by atoms with Gasteiger partial charge in [0.1, 0.15) is 13.2 Å². The van der Waals surface area contributed by atoms with Gasteiger partial charge in [0.25, 0.3) is 0 Å². The van der Waals surface area contributed by atoms with Gasteiger partial charge < -0.3 is 14.0 Å². The quantitative estimate of drug-likeness (QED) is 0.440. The van der Waals surface area contributed by atoms with Crippen LogP contribution in [0.1, 0.15) is 0 Å². The molecule has 126 valence electrons. The molecule has 1 aliphatic rings. The van der Waals surface area contributed by atoms with E-state index < -0.39 is 7.14 Å². The van der Waals surface area contributed by atoms with Crippen LogP contribution in [-0.4, -0.2) is 13.2 Å². The Kier molecular flexibility index (Phi) is 4.57. The highest BCUT2D eigenvalue weighted by Gasteiger charge is 2.34. The number of hydrogen-bond donors (Lipinski definition) is 0. The highest BCUT2D eigenvalue weighted by Crippen LogP contribution is 2.47. The molecule has 0 N–H and O–H groups in total. The molecule has 3 aromatic carbocycles. The SMILES string of the molecule is O=P(c1ccccc1)(c1ccccc1)c1ccc2c(c1I)OCCO2. The minimum absolute atomic E-state index is 0.507. The van der Waals surface area contributed by atoms with Crippen LogP contribution in [0, 0.1) is 3.57 Å². The van der Waals surface area contributed by atoms with Gasteiger partial charge in [0.15, 0.2) is 18.6 Å². The maximum Gasteiger partial charge on any atom is 0.175 e. The van der Waals surface area contributed by atoms with E-state index in [2.05, 4.69) is 22.6 Å². The van der Waals surface area contributed by atoms with E-state index >= 15 is 0 Å². The van der Waals surface area contributed by atoms with E-state index in [0.717, 1.165) is 19.5 Å². The molecule has 25 heavy (non-hydrogen) atoms. The summed E-state index contributed by atoms with van der Waals surface area (Å²) < 4.78 is 26.7.